The van der Waals surface area contributed by atoms with Crippen molar-refractivity contribution in [3.05, 3.63) is 6.33 Å². The maximum atomic E-state index is 4.45. The van der Waals surface area contributed by atoms with E-state index in [-0.39, 0.29) is 0 Å². The number of aromatic nitrogens is 4. The second-order valence-electron chi connectivity index (χ2n) is 3.54. The van der Waals surface area contributed by atoms with Crippen LogP contribution in [-0.2, 0) is 0 Å². The molecule has 0 saturated heterocycles. The van der Waals surface area contributed by atoms with E-state index in [1.807, 2.05) is 7.05 Å². The van der Waals surface area contributed by atoms with Gasteiger partial charge in [0.25, 0.3) is 0 Å². The Balaban J connectivity index is 2.44. The van der Waals surface area contributed by atoms with Crippen LogP contribution in [0.15, 0.2) is 11.4 Å². The minimum absolute atomic E-state index is 0.533. The van der Waals surface area contributed by atoms with Gasteiger partial charge in [-0.1, -0.05) is 13.8 Å². The normalized spacial score (nSPS) is 12.9. The van der Waals surface area contributed by atoms with Gasteiger partial charge in [0.1, 0.15) is 10.5 Å². The third kappa shape index (κ3) is 2.11. The summed E-state index contributed by atoms with van der Waals surface area (Å²) < 4.78 is 0. The molecule has 0 aliphatic heterocycles. The molecule has 0 fully saturated rings. The van der Waals surface area contributed by atoms with Gasteiger partial charge in [0.15, 0.2) is 5.65 Å². The Morgan fingerprint density at radius 2 is 2.31 bits per heavy atom. The number of hydrogen-bond acceptors (Lipinski definition) is 5. The van der Waals surface area contributed by atoms with Crippen LogP contribution < -0.4 is 5.32 Å². The average Bonchev–Trinajstić information content (AvgIpc) is 2.76. The molecule has 0 bridgehead atoms. The zero-order valence-corrected chi connectivity index (χ0v) is 10.4. The molecule has 2 aromatic rings. The number of fused-ring (bicyclic) bond motifs is 1. The second kappa shape index (κ2) is 4.69. The zero-order chi connectivity index (χ0) is 11.5. The number of hydrogen-bond donors (Lipinski definition) is 2. The summed E-state index contributed by atoms with van der Waals surface area (Å²) in [5, 5.41) is 4.44. The maximum absolute atomic E-state index is 4.45. The van der Waals surface area contributed by atoms with Crippen molar-refractivity contribution >= 4 is 28.9 Å². The highest BCUT2D eigenvalue weighted by atomic mass is 32.2. The minimum atomic E-state index is 0.533. The fourth-order valence-corrected chi connectivity index (χ4v) is 2.23. The molecule has 5 nitrogen and oxygen atoms in total. The van der Waals surface area contributed by atoms with Crippen molar-refractivity contribution in [1.82, 2.24) is 19.9 Å². The molecule has 0 amide bonds. The highest BCUT2D eigenvalue weighted by Crippen LogP contribution is 2.28. The Morgan fingerprint density at radius 1 is 1.50 bits per heavy atom. The van der Waals surface area contributed by atoms with E-state index in [2.05, 4.69) is 39.1 Å². The van der Waals surface area contributed by atoms with Crippen LogP contribution in [0, 0.1) is 0 Å². The van der Waals surface area contributed by atoms with Crippen molar-refractivity contribution in [2.45, 2.75) is 30.5 Å². The first-order chi connectivity index (χ1) is 7.74. The highest BCUT2D eigenvalue weighted by molar-refractivity contribution is 8.00. The quantitative estimate of drug-likeness (QED) is 0.631. The number of aromatic amines is 1. The van der Waals surface area contributed by atoms with E-state index in [9.17, 15) is 0 Å². The van der Waals surface area contributed by atoms with Gasteiger partial charge in [-0.2, -0.15) is 4.98 Å². The third-order valence-electron chi connectivity index (χ3n) is 2.36. The van der Waals surface area contributed by atoms with E-state index in [1.54, 1.807) is 18.1 Å². The maximum Gasteiger partial charge on any atom is 0.225 e. The highest BCUT2D eigenvalue weighted by Gasteiger charge is 2.12. The van der Waals surface area contributed by atoms with Crippen LogP contribution in [0.3, 0.4) is 0 Å². The van der Waals surface area contributed by atoms with Crippen molar-refractivity contribution in [2.24, 2.45) is 0 Å². The van der Waals surface area contributed by atoms with Crippen LogP contribution >= 0.6 is 11.8 Å². The molecule has 1 atom stereocenters. The molecular weight excluding hydrogens is 222 g/mol. The molecule has 86 valence electrons. The smallest absolute Gasteiger partial charge is 0.225 e. The van der Waals surface area contributed by atoms with E-state index in [0.717, 1.165) is 17.0 Å². The fourth-order valence-electron chi connectivity index (χ4n) is 1.28. The molecule has 0 aliphatic rings. The number of nitrogens with zero attached hydrogens (tertiary/aromatic N) is 3. The number of rotatable bonds is 4. The first-order valence-corrected chi connectivity index (χ1v) is 6.18. The molecular formula is C10H15N5S. The topological polar surface area (TPSA) is 66.5 Å². The Hall–Kier alpha value is -1.30. The van der Waals surface area contributed by atoms with E-state index >= 15 is 0 Å². The van der Waals surface area contributed by atoms with Crippen LogP contribution in [0.25, 0.3) is 11.2 Å². The third-order valence-corrected chi connectivity index (χ3v) is 3.62. The number of thioether (sulfide) groups is 1. The van der Waals surface area contributed by atoms with Gasteiger partial charge in [-0.25, -0.2) is 9.97 Å². The Morgan fingerprint density at radius 3 is 3.00 bits per heavy atom. The molecule has 6 heteroatoms. The minimum Gasteiger partial charge on any atom is -0.357 e. The molecule has 2 aromatic heterocycles. The van der Waals surface area contributed by atoms with Gasteiger partial charge < -0.3 is 10.3 Å². The molecule has 16 heavy (non-hydrogen) atoms. The summed E-state index contributed by atoms with van der Waals surface area (Å²) in [6, 6.07) is 0. The number of imidazole rings is 1. The summed E-state index contributed by atoms with van der Waals surface area (Å²) in [6.07, 6.45) is 2.76. The van der Waals surface area contributed by atoms with Gasteiger partial charge in [0.2, 0.25) is 5.95 Å². The molecule has 0 radical (unpaired) electrons. The molecule has 0 saturated carbocycles. The summed E-state index contributed by atoms with van der Waals surface area (Å²) in [7, 11) is 1.81. The summed E-state index contributed by atoms with van der Waals surface area (Å²) in [5.41, 5.74) is 1.63. The van der Waals surface area contributed by atoms with Crippen molar-refractivity contribution < 1.29 is 0 Å². The van der Waals surface area contributed by atoms with Gasteiger partial charge in [-0.3, -0.25) is 0 Å². The van der Waals surface area contributed by atoms with E-state index < -0.39 is 0 Å². The molecule has 0 spiro atoms. The van der Waals surface area contributed by atoms with Gasteiger partial charge >= 0.3 is 0 Å². The van der Waals surface area contributed by atoms with Crippen molar-refractivity contribution in [3.8, 4) is 0 Å². The lowest BCUT2D eigenvalue weighted by molar-refractivity contribution is 0.901. The number of nitrogens with one attached hydrogen (secondary N) is 2. The van der Waals surface area contributed by atoms with E-state index in [4.69, 9.17) is 0 Å². The molecule has 0 aromatic carbocycles. The Kier molecular flexibility index (Phi) is 3.28. The molecule has 1 unspecified atom stereocenters. The zero-order valence-electron chi connectivity index (χ0n) is 9.61. The van der Waals surface area contributed by atoms with Crippen molar-refractivity contribution in [2.75, 3.05) is 12.4 Å². The first-order valence-electron chi connectivity index (χ1n) is 5.30. The van der Waals surface area contributed by atoms with E-state index in [1.165, 1.54) is 0 Å². The standard InChI is InChI=1S/C10H15N5S/c1-4-6(2)16-9-7-8(13-5-12-7)14-10(11-3)15-9/h5-6H,4H2,1-3H3,(H2,11,12,13,14,15). The van der Waals surface area contributed by atoms with Crippen LogP contribution in [0.4, 0.5) is 5.95 Å². The number of anilines is 1. The molecule has 0 aliphatic carbocycles. The molecule has 2 N–H and O–H groups in total. The summed E-state index contributed by atoms with van der Waals surface area (Å²) >= 11 is 1.74. The molecule has 2 heterocycles. The Bertz CT molecular complexity index is 481. The monoisotopic (exact) mass is 237 g/mol. The van der Waals surface area contributed by atoms with Crippen molar-refractivity contribution in [1.29, 1.82) is 0 Å². The summed E-state index contributed by atoms with van der Waals surface area (Å²) in [4.78, 5) is 16.0. The second-order valence-corrected chi connectivity index (χ2v) is 4.97. The van der Waals surface area contributed by atoms with Crippen LogP contribution in [-0.4, -0.2) is 32.2 Å². The van der Waals surface area contributed by atoms with Crippen LogP contribution in [0.2, 0.25) is 0 Å². The summed E-state index contributed by atoms with van der Waals surface area (Å²) in [5.74, 6) is 0.616. The van der Waals surface area contributed by atoms with Crippen LogP contribution in [0.1, 0.15) is 20.3 Å². The van der Waals surface area contributed by atoms with Crippen molar-refractivity contribution in [3.63, 3.8) is 0 Å². The fraction of sp³-hybridized carbons (Fsp3) is 0.500. The van der Waals surface area contributed by atoms with Gasteiger partial charge in [0.05, 0.1) is 6.33 Å². The Labute approximate surface area is 98.5 Å². The predicted octanol–water partition coefficient (Wildman–Crippen LogP) is 2.29. The largest absolute Gasteiger partial charge is 0.357 e. The van der Waals surface area contributed by atoms with Gasteiger partial charge in [0, 0.05) is 12.3 Å². The first kappa shape index (κ1) is 11.2. The lowest BCUT2D eigenvalue weighted by atomic mass is 10.4. The number of H-pyrrole nitrogens is 1. The molecule has 2 rings (SSSR count). The van der Waals surface area contributed by atoms with E-state index in [0.29, 0.717) is 16.8 Å². The van der Waals surface area contributed by atoms with Crippen LogP contribution in [0.5, 0.6) is 0 Å². The average molecular weight is 237 g/mol. The predicted molar refractivity (Wildman–Crippen MR) is 66.8 cm³/mol. The van der Waals surface area contributed by atoms with Gasteiger partial charge in [-0.05, 0) is 6.42 Å². The summed E-state index contributed by atoms with van der Waals surface area (Å²) in [6.45, 7) is 4.36. The van der Waals surface area contributed by atoms with Gasteiger partial charge in [-0.15, -0.1) is 11.8 Å². The SMILES string of the molecule is CCC(C)Sc1nc(NC)nc2nc[nH]c12. The lowest BCUT2D eigenvalue weighted by Crippen LogP contribution is -2.00. The lowest BCUT2D eigenvalue weighted by Gasteiger charge is -2.08.